The van der Waals surface area contributed by atoms with Crippen LogP contribution >= 0.6 is 23.1 Å². The minimum absolute atomic E-state index is 0.0578. The van der Waals surface area contributed by atoms with Gasteiger partial charge in [-0.05, 0) is 24.2 Å². The van der Waals surface area contributed by atoms with Crippen molar-refractivity contribution in [2.45, 2.75) is 41.5 Å². The van der Waals surface area contributed by atoms with E-state index in [-0.39, 0.29) is 64.1 Å². The highest BCUT2D eigenvalue weighted by Crippen LogP contribution is 2.50. The first kappa shape index (κ1) is 25.2. The molecule has 0 radical (unpaired) electrons. The average Bonchev–Trinajstić information content (AvgIpc) is 3.54. The normalized spacial score (nSPS) is 23.5. The monoisotopic (exact) mass is 565 g/mol. The highest BCUT2D eigenvalue weighted by molar-refractivity contribution is 8.00. The average molecular weight is 566 g/mol. The first-order valence-corrected chi connectivity index (χ1v) is 14.2. The summed E-state index contributed by atoms with van der Waals surface area (Å²) in [6.07, 6.45) is 0.204. The Labute approximate surface area is 210 Å². The zero-order valence-corrected chi connectivity index (χ0v) is 21.0. The van der Waals surface area contributed by atoms with Crippen LogP contribution in [0, 0.1) is 0 Å². The molecule has 2 saturated heterocycles. The summed E-state index contributed by atoms with van der Waals surface area (Å²) in [4.78, 5) is 15.7. The van der Waals surface area contributed by atoms with Crippen LogP contribution in [0.5, 0.6) is 0 Å². The molecule has 1 aromatic carbocycles. The van der Waals surface area contributed by atoms with Crippen LogP contribution < -0.4 is 10.6 Å². The molecule has 0 saturated carbocycles. The molecular formula is C20H19F4N5O4S3. The van der Waals surface area contributed by atoms with E-state index in [4.69, 9.17) is 4.52 Å². The van der Waals surface area contributed by atoms with E-state index in [1.807, 2.05) is 0 Å². The maximum atomic E-state index is 14.6. The standard InChI is InChI=1S/C20H19F4N5O4S3/c1-36(31,32)29-7-10(21)13(8-29)25-11-4-2-3-9-15(11)34-17(16(9)35-20(22,23)24)18-27-19(33-28-18)12-5-6-14(30)26-12/h2-4,10,12-13,25H,5-8H2,1H3,(H,26,30)/t10-,12+,13+/m0/s1. The number of fused-ring (bicyclic) bond motifs is 1. The number of benzene rings is 1. The summed E-state index contributed by atoms with van der Waals surface area (Å²) in [7, 11) is -3.60. The lowest BCUT2D eigenvalue weighted by atomic mass is 10.2. The lowest BCUT2D eigenvalue weighted by molar-refractivity contribution is -0.119. The summed E-state index contributed by atoms with van der Waals surface area (Å²) < 4.78 is 85.4. The van der Waals surface area contributed by atoms with E-state index in [1.54, 1.807) is 6.07 Å². The highest BCUT2D eigenvalue weighted by atomic mass is 32.2. The maximum Gasteiger partial charge on any atom is 0.446 e. The predicted molar refractivity (Wildman–Crippen MR) is 126 cm³/mol. The molecule has 2 aliphatic rings. The molecule has 0 bridgehead atoms. The van der Waals surface area contributed by atoms with Gasteiger partial charge < -0.3 is 15.2 Å². The molecule has 36 heavy (non-hydrogen) atoms. The van der Waals surface area contributed by atoms with Crippen LogP contribution in [0.15, 0.2) is 27.6 Å². The molecule has 9 nitrogen and oxygen atoms in total. The zero-order chi connectivity index (χ0) is 25.8. The van der Waals surface area contributed by atoms with Crippen molar-refractivity contribution in [3.8, 4) is 10.7 Å². The molecule has 2 aliphatic heterocycles. The van der Waals surface area contributed by atoms with Gasteiger partial charge in [-0.1, -0.05) is 17.3 Å². The molecule has 4 heterocycles. The summed E-state index contributed by atoms with van der Waals surface area (Å²) in [5.74, 6) is -0.141. The molecule has 3 atom stereocenters. The van der Waals surface area contributed by atoms with Gasteiger partial charge in [-0.15, -0.1) is 11.3 Å². The van der Waals surface area contributed by atoms with E-state index >= 15 is 0 Å². The van der Waals surface area contributed by atoms with Gasteiger partial charge in [-0.25, -0.2) is 12.8 Å². The summed E-state index contributed by atoms with van der Waals surface area (Å²) >= 11 is 0.667. The third-order valence-electron chi connectivity index (χ3n) is 5.85. The van der Waals surface area contributed by atoms with Crippen molar-refractivity contribution < 1.29 is 35.3 Å². The molecule has 2 fully saturated rings. The Bertz CT molecular complexity index is 1420. The minimum Gasteiger partial charge on any atom is -0.377 e. The largest absolute Gasteiger partial charge is 0.446 e. The van der Waals surface area contributed by atoms with Crippen LogP contribution in [0.2, 0.25) is 0 Å². The van der Waals surface area contributed by atoms with Gasteiger partial charge in [-0.2, -0.15) is 22.5 Å². The second kappa shape index (κ2) is 9.15. The van der Waals surface area contributed by atoms with Crippen LogP contribution in [-0.4, -0.2) is 65.8 Å². The number of nitrogens with zero attached hydrogens (tertiary/aromatic N) is 3. The van der Waals surface area contributed by atoms with Gasteiger partial charge in [0.2, 0.25) is 27.6 Å². The van der Waals surface area contributed by atoms with Crippen molar-refractivity contribution in [1.29, 1.82) is 0 Å². The molecule has 0 unspecified atom stereocenters. The Morgan fingerprint density at radius 1 is 1.31 bits per heavy atom. The number of nitrogens with one attached hydrogen (secondary N) is 2. The van der Waals surface area contributed by atoms with Crippen LogP contribution in [-0.2, 0) is 14.8 Å². The van der Waals surface area contributed by atoms with Gasteiger partial charge in [0.15, 0.2) is 0 Å². The van der Waals surface area contributed by atoms with Gasteiger partial charge in [0, 0.05) is 29.8 Å². The maximum absolute atomic E-state index is 14.6. The number of carbonyl (C=O) groups excluding carboxylic acids is 1. The van der Waals surface area contributed by atoms with Gasteiger partial charge in [0.1, 0.15) is 12.2 Å². The molecule has 3 aromatic rings. The number of thioether (sulfide) groups is 1. The highest BCUT2D eigenvalue weighted by Gasteiger charge is 2.38. The summed E-state index contributed by atoms with van der Waals surface area (Å²) in [6, 6.07) is 3.25. The van der Waals surface area contributed by atoms with Gasteiger partial charge in [0.05, 0.1) is 27.6 Å². The molecule has 2 aromatic heterocycles. The van der Waals surface area contributed by atoms with Gasteiger partial charge >= 0.3 is 5.51 Å². The van der Waals surface area contributed by atoms with Crippen molar-refractivity contribution in [3.63, 3.8) is 0 Å². The second-order valence-corrected chi connectivity index (χ2v) is 12.5. The molecular weight excluding hydrogens is 546 g/mol. The Morgan fingerprint density at radius 2 is 2.08 bits per heavy atom. The Balaban J connectivity index is 1.53. The van der Waals surface area contributed by atoms with Crippen LogP contribution in [0.4, 0.5) is 23.2 Å². The van der Waals surface area contributed by atoms with Gasteiger partial charge in [0.25, 0.3) is 0 Å². The van der Waals surface area contributed by atoms with Crippen LogP contribution in [0.25, 0.3) is 20.8 Å². The third-order valence-corrected chi connectivity index (χ3v) is 9.31. The number of hydrogen-bond donors (Lipinski definition) is 2. The first-order valence-electron chi connectivity index (χ1n) is 10.7. The molecule has 5 rings (SSSR count). The molecule has 2 N–H and O–H groups in total. The van der Waals surface area contributed by atoms with Crippen LogP contribution in [0.1, 0.15) is 24.8 Å². The molecule has 0 spiro atoms. The summed E-state index contributed by atoms with van der Waals surface area (Å²) in [5.41, 5.74) is -4.24. The van der Waals surface area contributed by atoms with Crippen molar-refractivity contribution in [1.82, 2.24) is 19.8 Å². The summed E-state index contributed by atoms with van der Waals surface area (Å²) in [6.45, 7) is -0.416. The fourth-order valence-electron chi connectivity index (χ4n) is 4.18. The number of anilines is 1. The smallest absolute Gasteiger partial charge is 0.377 e. The lowest BCUT2D eigenvalue weighted by Gasteiger charge is -2.17. The number of halogens is 4. The molecule has 1 amide bonds. The number of amides is 1. The zero-order valence-electron chi connectivity index (χ0n) is 18.5. The number of rotatable bonds is 6. The molecule has 0 aliphatic carbocycles. The van der Waals surface area contributed by atoms with E-state index in [0.29, 0.717) is 16.8 Å². The molecule has 16 heteroatoms. The predicted octanol–water partition coefficient (Wildman–Crippen LogP) is 3.91. The van der Waals surface area contributed by atoms with Crippen LogP contribution in [0.3, 0.4) is 0 Å². The second-order valence-electron chi connectivity index (χ2n) is 8.45. The van der Waals surface area contributed by atoms with Crippen molar-refractivity contribution in [3.05, 3.63) is 24.1 Å². The quantitative estimate of drug-likeness (QED) is 0.341. The van der Waals surface area contributed by atoms with E-state index in [2.05, 4.69) is 20.8 Å². The first-order chi connectivity index (χ1) is 16.9. The van der Waals surface area contributed by atoms with E-state index in [0.717, 1.165) is 21.9 Å². The third kappa shape index (κ3) is 5.03. The number of carbonyl (C=O) groups is 1. The number of aromatic nitrogens is 2. The van der Waals surface area contributed by atoms with E-state index < -0.39 is 33.8 Å². The van der Waals surface area contributed by atoms with Crippen molar-refractivity contribution in [2.75, 3.05) is 24.7 Å². The number of alkyl halides is 4. The Morgan fingerprint density at radius 3 is 2.72 bits per heavy atom. The Kier molecular flexibility index (Phi) is 6.41. The fraction of sp³-hybridized carbons (Fsp3) is 0.450. The van der Waals surface area contributed by atoms with E-state index in [1.165, 1.54) is 12.1 Å². The Hall–Kier alpha value is -2.43. The number of thiophene rings is 1. The molecule has 194 valence electrons. The number of sulfonamides is 1. The van der Waals surface area contributed by atoms with Crippen molar-refractivity contribution in [2.24, 2.45) is 0 Å². The topological polar surface area (TPSA) is 117 Å². The summed E-state index contributed by atoms with van der Waals surface area (Å²) in [5, 5.41) is 9.77. The fourth-order valence-corrected chi connectivity index (χ4v) is 7.13. The minimum atomic E-state index is -4.61. The SMILES string of the molecule is CS(=O)(=O)N1C[C@H](F)[C@H](Nc2cccc3c(SC(F)(F)F)c(-c4noc([C@H]5CCC(=O)N5)n4)sc23)C1. The number of hydrogen-bond acceptors (Lipinski definition) is 9. The van der Waals surface area contributed by atoms with Crippen molar-refractivity contribution >= 4 is 54.8 Å². The van der Waals surface area contributed by atoms with Gasteiger partial charge in [-0.3, -0.25) is 4.79 Å². The lowest BCUT2D eigenvalue weighted by Crippen LogP contribution is -2.31. The van der Waals surface area contributed by atoms with E-state index in [9.17, 15) is 30.8 Å².